The van der Waals surface area contributed by atoms with Gasteiger partial charge in [0.15, 0.2) is 6.23 Å². The van der Waals surface area contributed by atoms with Gasteiger partial charge < -0.3 is 20.3 Å². The van der Waals surface area contributed by atoms with Gasteiger partial charge in [-0.25, -0.2) is 4.68 Å². The number of para-hydroxylation sites is 1. The number of carboxylic acid groups (broad SMARTS) is 1. The third kappa shape index (κ3) is 5.06. The van der Waals surface area contributed by atoms with E-state index in [2.05, 4.69) is 30.3 Å². The van der Waals surface area contributed by atoms with Crippen LogP contribution in [0.25, 0.3) is 22.0 Å². The van der Waals surface area contributed by atoms with Crippen molar-refractivity contribution in [2.45, 2.75) is 45.1 Å². The van der Waals surface area contributed by atoms with Gasteiger partial charge in [0.25, 0.3) is 0 Å². The van der Waals surface area contributed by atoms with Gasteiger partial charge in [-0.3, -0.25) is 4.79 Å². The predicted octanol–water partition coefficient (Wildman–Crippen LogP) is 5.07. The molecule has 1 atom stereocenters. The molecule has 0 saturated carbocycles. The first-order valence-electron chi connectivity index (χ1n) is 12.0. The van der Waals surface area contributed by atoms with Crippen LogP contribution in [-0.2, 0) is 29.1 Å². The van der Waals surface area contributed by atoms with Crippen molar-refractivity contribution in [3.8, 4) is 16.9 Å². The van der Waals surface area contributed by atoms with Crippen LogP contribution in [0.3, 0.4) is 0 Å². The minimum Gasteiger partial charge on any atom is -0.487 e. The normalized spacial score (nSPS) is 15.9. The highest BCUT2D eigenvalue weighted by Crippen LogP contribution is 2.32. The van der Waals surface area contributed by atoms with Crippen molar-refractivity contribution >= 4 is 16.9 Å². The summed E-state index contributed by atoms with van der Waals surface area (Å²) in [5.41, 5.74) is 11.5. The van der Waals surface area contributed by atoms with E-state index in [1.54, 1.807) is 12.1 Å². The highest BCUT2D eigenvalue weighted by molar-refractivity contribution is 5.87. The van der Waals surface area contributed by atoms with E-state index in [0.29, 0.717) is 17.9 Å². The van der Waals surface area contributed by atoms with E-state index in [9.17, 15) is 9.90 Å². The summed E-state index contributed by atoms with van der Waals surface area (Å²) in [5, 5.41) is 15.2. The minimum atomic E-state index is -0.894. The lowest BCUT2D eigenvalue weighted by Crippen LogP contribution is -2.19. The molecule has 1 saturated heterocycles. The third-order valence-corrected chi connectivity index (χ3v) is 6.39. The zero-order valence-corrected chi connectivity index (χ0v) is 19.5. The van der Waals surface area contributed by atoms with Gasteiger partial charge in [0.1, 0.15) is 18.1 Å². The second-order valence-electron chi connectivity index (χ2n) is 8.82. The van der Waals surface area contributed by atoms with E-state index >= 15 is 0 Å². The van der Waals surface area contributed by atoms with Crippen LogP contribution in [0, 0.1) is 0 Å². The molecule has 7 heteroatoms. The van der Waals surface area contributed by atoms with Gasteiger partial charge in [0.05, 0.1) is 11.9 Å². The Morgan fingerprint density at radius 3 is 2.74 bits per heavy atom. The summed E-state index contributed by atoms with van der Waals surface area (Å²) in [5.74, 6) is -0.340. The van der Waals surface area contributed by atoms with Gasteiger partial charge in [-0.1, -0.05) is 42.5 Å². The molecule has 0 aliphatic carbocycles. The molecule has 1 fully saturated rings. The first kappa shape index (κ1) is 23.1. The zero-order chi connectivity index (χ0) is 24.2. The van der Waals surface area contributed by atoms with Crippen LogP contribution in [0.1, 0.15) is 42.3 Å². The summed E-state index contributed by atoms with van der Waals surface area (Å²) in [6.45, 7) is 1.44. The summed E-state index contributed by atoms with van der Waals surface area (Å²) in [4.78, 5) is 11.3. The maximum absolute atomic E-state index is 11.3. The summed E-state index contributed by atoms with van der Waals surface area (Å²) in [6.07, 6.45) is 2.88. The summed E-state index contributed by atoms with van der Waals surface area (Å²) >= 11 is 0. The van der Waals surface area contributed by atoms with Crippen LogP contribution in [0.4, 0.5) is 0 Å². The van der Waals surface area contributed by atoms with E-state index in [4.69, 9.17) is 20.3 Å². The number of nitrogens with zero attached hydrogens (tertiary/aromatic N) is 2. The molecule has 5 rings (SSSR count). The number of hydrogen-bond acceptors (Lipinski definition) is 5. The molecule has 7 nitrogen and oxygen atoms in total. The Hall–Kier alpha value is -3.68. The van der Waals surface area contributed by atoms with Gasteiger partial charge in [0, 0.05) is 24.1 Å². The Labute approximate surface area is 204 Å². The molecule has 0 amide bonds. The number of carboxylic acids is 1. The highest BCUT2D eigenvalue weighted by atomic mass is 16.5. The molecule has 4 aromatic rings. The van der Waals surface area contributed by atoms with Crippen molar-refractivity contribution in [2.24, 2.45) is 5.73 Å². The topological polar surface area (TPSA) is 99.6 Å². The Morgan fingerprint density at radius 2 is 1.94 bits per heavy atom. The maximum atomic E-state index is 11.3. The van der Waals surface area contributed by atoms with Crippen molar-refractivity contribution in [3.63, 3.8) is 0 Å². The fourth-order valence-electron chi connectivity index (χ4n) is 4.60. The van der Waals surface area contributed by atoms with Crippen molar-refractivity contribution in [1.82, 2.24) is 9.78 Å². The van der Waals surface area contributed by atoms with Crippen LogP contribution >= 0.6 is 0 Å². The zero-order valence-electron chi connectivity index (χ0n) is 19.5. The number of rotatable bonds is 8. The molecule has 0 spiro atoms. The van der Waals surface area contributed by atoms with E-state index in [0.717, 1.165) is 59.2 Å². The molecular formula is C28H29N3O4. The summed E-state index contributed by atoms with van der Waals surface area (Å²) < 4.78 is 14.1. The molecular weight excluding hydrogens is 442 g/mol. The molecule has 1 aliphatic heterocycles. The van der Waals surface area contributed by atoms with Gasteiger partial charge in [-0.15, -0.1) is 0 Å². The quantitative estimate of drug-likeness (QED) is 0.372. The lowest BCUT2D eigenvalue weighted by atomic mass is 10.0. The van der Waals surface area contributed by atoms with Crippen LogP contribution in [-0.4, -0.2) is 27.5 Å². The minimum absolute atomic E-state index is 0.0943. The Morgan fingerprint density at radius 1 is 1.09 bits per heavy atom. The first-order chi connectivity index (χ1) is 17.1. The van der Waals surface area contributed by atoms with Crippen LogP contribution < -0.4 is 10.5 Å². The molecule has 35 heavy (non-hydrogen) atoms. The second-order valence-corrected chi connectivity index (χ2v) is 8.82. The predicted molar refractivity (Wildman–Crippen MR) is 134 cm³/mol. The van der Waals surface area contributed by atoms with E-state index < -0.39 is 5.97 Å². The number of aliphatic carboxylic acids is 1. The Balaban J connectivity index is 1.53. The third-order valence-electron chi connectivity index (χ3n) is 6.39. The lowest BCUT2D eigenvalue weighted by Gasteiger charge is -2.23. The van der Waals surface area contributed by atoms with Gasteiger partial charge in [-0.05, 0) is 60.2 Å². The average Bonchev–Trinajstić information content (AvgIpc) is 3.26. The fraction of sp³-hybridized carbons (Fsp3) is 0.286. The first-order valence-corrected chi connectivity index (χ1v) is 12.0. The molecule has 3 N–H and O–H groups in total. The maximum Gasteiger partial charge on any atom is 0.307 e. The van der Waals surface area contributed by atoms with Crippen LogP contribution in [0.15, 0.2) is 66.7 Å². The number of nitrogens with two attached hydrogens (primary N) is 1. The smallest absolute Gasteiger partial charge is 0.307 e. The van der Waals surface area contributed by atoms with Crippen LogP contribution in [0.5, 0.6) is 5.75 Å². The number of aromatic nitrogens is 2. The SMILES string of the molecule is NCc1cccc(-c2ccc3c(c2)c(COc2ccccc2CC(=O)O)nn3C2CCCCO2)c1. The molecule has 1 aromatic heterocycles. The molecule has 180 valence electrons. The van der Waals surface area contributed by atoms with Crippen molar-refractivity contribution < 1.29 is 19.4 Å². The molecule has 1 aliphatic rings. The van der Waals surface area contributed by atoms with E-state index in [1.807, 2.05) is 28.9 Å². The van der Waals surface area contributed by atoms with E-state index in [-0.39, 0.29) is 19.3 Å². The lowest BCUT2D eigenvalue weighted by molar-refractivity contribution is -0.136. The number of hydrogen-bond donors (Lipinski definition) is 2. The molecule has 1 unspecified atom stereocenters. The standard InChI is InChI=1S/C28H29N3O4/c29-17-19-6-5-8-20(14-19)21-11-12-25-23(15-21)24(30-31(25)27-10-3-4-13-34-27)18-35-26-9-2-1-7-22(26)16-28(32)33/h1-2,5-9,11-12,14-15,27H,3-4,10,13,16-18,29H2,(H,32,33). The highest BCUT2D eigenvalue weighted by Gasteiger charge is 2.22. The molecule has 0 radical (unpaired) electrons. The number of benzene rings is 3. The van der Waals surface area contributed by atoms with E-state index in [1.165, 1.54) is 0 Å². The molecule has 0 bridgehead atoms. The monoisotopic (exact) mass is 471 g/mol. The molecule has 2 heterocycles. The fourth-order valence-corrected chi connectivity index (χ4v) is 4.60. The second kappa shape index (κ2) is 10.3. The van der Waals surface area contributed by atoms with Crippen molar-refractivity contribution in [3.05, 3.63) is 83.6 Å². The largest absolute Gasteiger partial charge is 0.487 e. The summed E-state index contributed by atoms with van der Waals surface area (Å²) in [6, 6.07) is 21.8. The van der Waals surface area contributed by atoms with Gasteiger partial charge >= 0.3 is 5.97 Å². The average molecular weight is 472 g/mol. The Kier molecular flexibility index (Phi) is 6.79. The Bertz CT molecular complexity index is 1340. The van der Waals surface area contributed by atoms with Gasteiger partial charge in [0.2, 0.25) is 0 Å². The number of carbonyl (C=O) groups is 1. The van der Waals surface area contributed by atoms with Crippen molar-refractivity contribution in [1.29, 1.82) is 0 Å². The summed E-state index contributed by atoms with van der Waals surface area (Å²) in [7, 11) is 0. The van der Waals surface area contributed by atoms with Crippen molar-refractivity contribution in [2.75, 3.05) is 6.61 Å². The number of ether oxygens (including phenoxy) is 2. The molecule has 3 aromatic carbocycles. The van der Waals surface area contributed by atoms with Crippen LogP contribution in [0.2, 0.25) is 0 Å². The van der Waals surface area contributed by atoms with Gasteiger partial charge in [-0.2, -0.15) is 5.10 Å². The number of fused-ring (bicyclic) bond motifs is 1.